The maximum atomic E-state index is 12.4. The van der Waals surface area contributed by atoms with E-state index in [-0.39, 0.29) is 11.9 Å². The normalized spacial score (nSPS) is 14.8. The third kappa shape index (κ3) is 3.35. The topological polar surface area (TPSA) is 64.5 Å². The Labute approximate surface area is 122 Å². The molecule has 0 spiro atoms. The SMILES string of the molecule is O=C(c1cccc(Oc2ncccn2)c1)N1CCOCC1. The summed E-state index contributed by atoms with van der Waals surface area (Å²) in [7, 11) is 0. The number of ether oxygens (including phenoxy) is 2. The molecule has 0 N–H and O–H groups in total. The van der Waals surface area contributed by atoms with Crippen molar-refractivity contribution in [3.05, 3.63) is 48.3 Å². The van der Waals surface area contributed by atoms with Gasteiger partial charge in [0.25, 0.3) is 5.91 Å². The molecule has 1 aromatic carbocycles. The van der Waals surface area contributed by atoms with Gasteiger partial charge in [0.15, 0.2) is 0 Å². The fourth-order valence-corrected chi connectivity index (χ4v) is 2.09. The zero-order valence-electron chi connectivity index (χ0n) is 11.4. The quantitative estimate of drug-likeness (QED) is 0.859. The van der Waals surface area contributed by atoms with Crippen LogP contribution in [0.25, 0.3) is 0 Å². The second-order valence-corrected chi connectivity index (χ2v) is 4.57. The van der Waals surface area contributed by atoms with Crippen LogP contribution in [0.1, 0.15) is 10.4 Å². The maximum Gasteiger partial charge on any atom is 0.321 e. The Morgan fingerprint density at radius 2 is 1.90 bits per heavy atom. The molecule has 3 rings (SSSR count). The lowest BCUT2D eigenvalue weighted by molar-refractivity contribution is 0.0302. The highest BCUT2D eigenvalue weighted by Crippen LogP contribution is 2.19. The summed E-state index contributed by atoms with van der Waals surface area (Å²) in [5.74, 6) is 0.526. The average molecular weight is 285 g/mol. The van der Waals surface area contributed by atoms with Crippen LogP contribution in [0.5, 0.6) is 11.8 Å². The van der Waals surface area contributed by atoms with Gasteiger partial charge in [-0.15, -0.1) is 0 Å². The van der Waals surface area contributed by atoms with E-state index in [0.29, 0.717) is 37.6 Å². The van der Waals surface area contributed by atoms with Crippen LogP contribution in [0.2, 0.25) is 0 Å². The van der Waals surface area contributed by atoms with Gasteiger partial charge in [0.1, 0.15) is 5.75 Å². The molecule has 108 valence electrons. The minimum atomic E-state index is -0.0160. The van der Waals surface area contributed by atoms with E-state index in [4.69, 9.17) is 9.47 Å². The molecule has 2 heterocycles. The predicted octanol–water partition coefficient (Wildman–Crippen LogP) is 1.74. The van der Waals surface area contributed by atoms with Crippen LogP contribution in [0, 0.1) is 0 Å². The Morgan fingerprint density at radius 3 is 2.67 bits per heavy atom. The number of morpholine rings is 1. The number of aromatic nitrogens is 2. The van der Waals surface area contributed by atoms with Gasteiger partial charge >= 0.3 is 6.01 Å². The van der Waals surface area contributed by atoms with E-state index in [9.17, 15) is 4.79 Å². The van der Waals surface area contributed by atoms with Crippen LogP contribution >= 0.6 is 0 Å². The molecule has 6 nitrogen and oxygen atoms in total. The fourth-order valence-electron chi connectivity index (χ4n) is 2.09. The van der Waals surface area contributed by atoms with Gasteiger partial charge in [-0.1, -0.05) is 6.07 Å². The zero-order valence-corrected chi connectivity index (χ0v) is 11.4. The monoisotopic (exact) mass is 285 g/mol. The minimum absolute atomic E-state index is 0.0160. The van der Waals surface area contributed by atoms with Crippen LogP contribution in [0.3, 0.4) is 0 Å². The molecule has 1 fully saturated rings. The van der Waals surface area contributed by atoms with Crippen molar-refractivity contribution >= 4 is 5.91 Å². The molecule has 6 heteroatoms. The summed E-state index contributed by atoms with van der Waals surface area (Å²) >= 11 is 0. The van der Waals surface area contributed by atoms with E-state index >= 15 is 0 Å². The number of nitrogens with zero attached hydrogens (tertiary/aromatic N) is 3. The van der Waals surface area contributed by atoms with Crippen LogP contribution < -0.4 is 4.74 Å². The summed E-state index contributed by atoms with van der Waals surface area (Å²) in [5, 5.41) is 0. The molecular formula is C15H15N3O3. The van der Waals surface area contributed by atoms with Crippen LogP contribution in [-0.2, 0) is 4.74 Å². The standard InChI is InChI=1S/C15H15N3O3/c19-14(18-7-9-20-10-8-18)12-3-1-4-13(11-12)21-15-16-5-2-6-17-15/h1-6,11H,7-10H2. The van der Waals surface area contributed by atoms with Crippen molar-refractivity contribution in [2.75, 3.05) is 26.3 Å². The Hall–Kier alpha value is -2.47. The zero-order chi connectivity index (χ0) is 14.5. The van der Waals surface area contributed by atoms with Crippen molar-refractivity contribution in [3.63, 3.8) is 0 Å². The molecule has 1 amide bonds. The van der Waals surface area contributed by atoms with Crippen molar-refractivity contribution in [1.29, 1.82) is 0 Å². The number of hydrogen-bond donors (Lipinski definition) is 0. The lowest BCUT2D eigenvalue weighted by Crippen LogP contribution is -2.40. The maximum absolute atomic E-state index is 12.4. The van der Waals surface area contributed by atoms with E-state index in [1.54, 1.807) is 47.6 Å². The number of carbonyl (C=O) groups is 1. The number of rotatable bonds is 3. The van der Waals surface area contributed by atoms with Crippen molar-refractivity contribution in [1.82, 2.24) is 14.9 Å². The highest BCUT2D eigenvalue weighted by molar-refractivity contribution is 5.94. The molecule has 1 aromatic heterocycles. The summed E-state index contributed by atoms with van der Waals surface area (Å²) in [6, 6.07) is 9.00. The Balaban J connectivity index is 1.75. The molecule has 1 saturated heterocycles. The van der Waals surface area contributed by atoms with Gasteiger partial charge in [-0.05, 0) is 24.3 Å². The molecule has 0 unspecified atom stereocenters. The second kappa shape index (κ2) is 6.32. The highest BCUT2D eigenvalue weighted by Gasteiger charge is 2.18. The molecule has 2 aromatic rings. The van der Waals surface area contributed by atoms with Gasteiger partial charge in [-0.2, -0.15) is 0 Å². The van der Waals surface area contributed by atoms with Gasteiger partial charge in [-0.3, -0.25) is 4.79 Å². The third-order valence-corrected chi connectivity index (χ3v) is 3.13. The van der Waals surface area contributed by atoms with Crippen LogP contribution in [-0.4, -0.2) is 47.1 Å². The van der Waals surface area contributed by atoms with E-state index in [1.165, 1.54) is 0 Å². The summed E-state index contributed by atoms with van der Waals surface area (Å²) in [6.07, 6.45) is 3.20. The number of amides is 1. The van der Waals surface area contributed by atoms with Gasteiger partial charge in [0.2, 0.25) is 0 Å². The first-order valence-corrected chi connectivity index (χ1v) is 6.75. The Kier molecular flexibility index (Phi) is 4.07. The minimum Gasteiger partial charge on any atom is -0.424 e. The van der Waals surface area contributed by atoms with Crippen molar-refractivity contribution in [3.8, 4) is 11.8 Å². The van der Waals surface area contributed by atoms with Crippen molar-refractivity contribution in [2.24, 2.45) is 0 Å². The van der Waals surface area contributed by atoms with Gasteiger partial charge in [0.05, 0.1) is 13.2 Å². The highest BCUT2D eigenvalue weighted by atomic mass is 16.5. The van der Waals surface area contributed by atoms with Gasteiger partial charge in [0, 0.05) is 31.0 Å². The van der Waals surface area contributed by atoms with E-state index in [1.807, 2.05) is 0 Å². The van der Waals surface area contributed by atoms with Crippen molar-refractivity contribution < 1.29 is 14.3 Å². The molecule has 0 saturated carbocycles. The Bertz CT molecular complexity index is 613. The van der Waals surface area contributed by atoms with E-state index in [0.717, 1.165) is 0 Å². The third-order valence-electron chi connectivity index (χ3n) is 3.13. The lowest BCUT2D eigenvalue weighted by atomic mass is 10.2. The largest absolute Gasteiger partial charge is 0.424 e. The fraction of sp³-hybridized carbons (Fsp3) is 0.267. The van der Waals surface area contributed by atoms with Crippen LogP contribution in [0.4, 0.5) is 0 Å². The molecule has 1 aliphatic rings. The predicted molar refractivity (Wildman–Crippen MR) is 75.3 cm³/mol. The summed E-state index contributed by atoms with van der Waals surface area (Å²) in [4.78, 5) is 22.2. The number of carbonyl (C=O) groups excluding carboxylic acids is 1. The summed E-state index contributed by atoms with van der Waals surface area (Å²) in [5.41, 5.74) is 0.588. The molecule has 0 radical (unpaired) electrons. The molecule has 0 atom stereocenters. The first-order valence-electron chi connectivity index (χ1n) is 6.75. The number of benzene rings is 1. The molecule has 0 bridgehead atoms. The first kappa shape index (κ1) is 13.5. The van der Waals surface area contributed by atoms with Crippen molar-refractivity contribution in [2.45, 2.75) is 0 Å². The van der Waals surface area contributed by atoms with Gasteiger partial charge < -0.3 is 14.4 Å². The second-order valence-electron chi connectivity index (χ2n) is 4.57. The summed E-state index contributed by atoms with van der Waals surface area (Å²) < 4.78 is 10.8. The molecule has 1 aliphatic heterocycles. The van der Waals surface area contributed by atoms with Gasteiger partial charge in [-0.25, -0.2) is 9.97 Å². The first-order chi connectivity index (χ1) is 10.3. The molecular weight excluding hydrogens is 270 g/mol. The molecule has 21 heavy (non-hydrogen) atoms. The average Bonchev–Trinajstić information content (AvgIpc) is 2.56. The summed E-state index contributed by atoms with van der Waals surface area (Å²) in [6.45, 7) is 2.40. The van der Waals surface area contributed by atoms with E-state index < -0.39 is 0 Å². The number of hydrogen-bond acceptors (Lipinski definition) is 5. The molecule has 0 aliphatic carbocycles. The van der Waals surface area contributed by atoms with E-state index in [2.05, 4.69) is 9.97 Å². The lowest BCUT2D eigenvalue weighted by Gasteiger charge is -2.26. The Morgan fingerprint density at radius 1 is 1.14 bits per heavy atom. The van der Waals surface area contributed by atoms with Crippen LogP contribution in [0.15, 0.2) is 42.7 Å². The smallest absolute Gasteiger partial charge is 0.321 e.